The first-order valence-electron chi connectivity index (χ1n) is 5.85. The Morgan fingerprint density at radius 3 is 2.94 bits per heavy atom. The fourth-order valence-electron chi connectivity index (χ4n) is 2.30. The van der Waals surface area contributed by atoms with E-state index in [1.54, 1.807) is 0 Å². The van der Waals surface area contributed by atoms with Crippen molar-refractivity contribution in [3.05, 3.63) is 34.9 Å². The normalized spacial score (nSPS) is 23.0. The van der Waals surface area contributed by atoms with Gasteiger partial charge < -0.3 is 10.1 Å². The van der Waals surface area contributed by atoms with Crippen LogP contribution in [0.4, 0.5) is 0 Å². The van der Waals surface area contributed by atoms with Gasteiger partial charge in [-0.1, -0.05) is 23.7 Å². The number of ether oxygens (including phenoxy) is 1. The predicted molar refractivity (Wildman–Crippen MR) is 66.8 cm³/mol. The average molecular weight is 240 g/mol. The highest BCUT2D eigenvalue weighted by Crippen LogP contribution is 2.27. The summed E-state index contributed by atoms with van der Waals surface area (Å²) in [5.74, 6) is 0. The number of rotatable bonds is 3. The third-order valence-electron chi connectivity index (χ3n) is 3.11. The number of hydrogen-bond donors (Lipinski definition) is 1. The highest BCUT2D eigenvalue weighted by Gasteiger charge is 2.24. The van der Waals surface area contributed by atoms with Gasteiger partial charge in [-0.25, -0.2) is 0 Å². The quantitative estimate of drug-likeness (QED) is 0.875. The van der Waals surface area contributed by atoms with Crippen molar-refractivity contribution in [2.75, 3.05) is 13.7 Å². The molecule has 1 aromatic rings. The molecule has 1 N–H and O–H groups in total. The highest BCUT2D eigenvalue weighted by atomic mass is 35.5. The highest BCUT2D eigenvalue weighted by molar-refractivity contribution is 6.30. The zero-order valence-electron chi connectivity index (χ0n) is 9.58. The number of benzene rings is 1. The van der Waals surface area contributed by atoms with Crippen molar-refractivity contribution < 1.29 is 4.74 Å². The monoisotopic (exact) mass is 239 g/mol. The summed E-state index contributed by atoms with van der Waals surface area (Å²) in [6, 6.07) is 8.26. The Bertz CT molecular complexity index is 336. The maximum absolute atomic E-state index is 6.02. The van der Waals surface area contributed by atoms with Gasteiger partial charge in [-0.3, -0.25) is 0 Å². The fraction of sp³-hybridized carbons (Fsp3) is 0.538. The minimum atomic E-state index is 0.249. The van der Waals surface area contributed by atoms with Gasteiger partial charge in [0.05, 0.1) is 12.1 Å². The Kier molecular flexibility index (Phi) is 4.22. The molecule has 3 heteroatoms. The summed E-state index contributed by atoms with van der Waals surface area (Å²) in [4.78, 5) is 0. The van der Waals surface area contributed by atoms with E-state index in [1.165, 1.54) is 18.4 Å². The third kappa shape index (κ3) is 2.76. The summed E-state index contributed by atoms with van der Waals surface area (Å²) in [6.07, 6.45) is 3.83. The lowest BCUT2D eigenvalue weighted by Gasteiger charge is -2.30. The molecule has 1 aliphatic heterocycles. The predicted octanol–water partition coefficient (Wildman–Crippen LogP) is 3.17. The molecular formula is C13H18ClNO. The second kappa shape index (κ2) is 5.67. The fourth-order valence-corrected chi connectivity index (χ4v) is 2.49. The molecule has 2 unspecified atom stereocenters. The molecule has 2 atom stereocenters. The molecule has 88 valence electrons. The molecular weight excluding hydrogens is 222 g/mol. The smallest absolute Gasteiger partial charge is 0.0769 e. The summed E-state index contributed by atoms with van der Waals surface area (Å²) in [6.45, 7) is 0.878. The van der Waals surface area contributed by atoms with E-state index in [0.29, 0.717) is 0 Å². The van der Waals surface area contributed by atoms with Gasteiger partial charge in [-0.05, 0) is 44.0 Å². The summed E-state index contributed by atoms with van der Waals surface area (Å²) >= 11 is 6.02. The molecule has 2 nitrogen and oxygen atoms in total. The number of halogens is 1. The zero-order valence-corrected chi connectivity index (χ0v) is 10.3. The van der Waals surface area contributed by atoms with E-state index < -0.39 is 0 Å². The van der Waals surface area contributed by atoms with Crippen molar-refractivity contribution in [2.24, 2.45) is 0 Å². The molecule has 1 aliphatic rings. The lowest BCUT2D eigenvalue weighted by molar-refractivity contribution is -0.00661. The maximum atomic E-state index is 6.02. The number of likely N-dealkylation sites (N-methyl/N-ethyl adjacent to an activating group) is 1. The van der Waals surface area contributed by atoms with Crippen LogP contribution in [0.25, 0.3) is 0 Å². The molecule has 0 spiro atoms. The average Bonchev–Trinajstić information content (AvgIpc) is 2.31. The Morgan fingerprint density at radius 2 is 2.31 bits per heavy atom. The summed E-state index contributed by atoms with van der Waals surface area (Å²) in [5, 5.41) is 4.12. The van der Waals surface area contributed by atoms with Crippen molar-refractivity contribution in [3.8, 4) is 0 Å². The minimum Gasteiger partial charge on any atom is -0.376 e. The van der Waals surface area contributed by atoms with Crippen LogP contribution in [0.3, 0.4) is 0 Å². The molecule has 0 saturated carbocycles. The van der Waals surface area contributed by atoms with E-state index in [4.69, 9.17) is 16.3 Å². The molecule has 0 aromatic heterocycles. The number of hydrogen-bond acceptors (Lipinski definition) is 2. The van der Waals surface area contributed by atoms with Crippen molar-refractivity contribution in [1.82, 2.24) is 5.32 Å². The van der Waals surface area contributed by atoms with Crippen molar-refractivity contribution in [1.29, 1.82) is 0 Å². The van der Waals surface area contributed by atoms with Gasteiger partial charge in [0, 0.05) is 11.6 Å². The molecule has 1 heterocycles. The van der Waals surface area contributed by atoms with E-state index in [1.807, 2.05) is 25.2 Å². The van der Waals surface area contributed by atoms with Crippen LogP contribution in [0.2, 0.25) is 5.02 Å². The molecule has 2 rings (SSSR count). The van der Waals surface area contributed by atoms with Gasteiger partial charge in [0.15, 0.2) is 0 Å². The topological polar surface area (TPSA) is 21.3 Å². The standard InChI is InChI=1S/C13H18ClNO/c1-15-13(12-7-2-3-8-16-12)10-5-4-6-11(14)9-10/h4-6,9,12-13,15H,2-3,7-8H2,1H3. The Balaban J connectivity index is 2.14. The molecule has 0 amide bonds. The first kappa shape index (κ1) is 11.9. The van der Waals surface area contributed by atoms with Crippen LogP contribution in [0.5, 0.6) is 0 Å². The first-order valence-corrected chi connectivity index (χ1v) is 6.23. The molecule has 1 fully saturated rings. The van der Waals surface area contributed by atoms with Crippen LogP contribution < -0.4 is 5.32 Å². The molecule has 0 aliphatic carbocycles. The summed E-state index contributed by atoms with van der Waals surface area (Å²) in [7, 11) is 1.98. The lowest BCUT2D eigenvalue weighted by atomic mass is 9.96. The molecule has 1 saturated heterocycles. The largest absolute Gasteiger partial charge is 0.376 e. The first-order chi connectivity index (χ1) is 7.81. The molecule has 1 aromatic carbocycles. The van der Waals surface area contributed by atoms with Crippen LogP contribution >= 0.6 is 11.6 Å². The van der Waals surface area contributed by atoms with E-state index >= 15 is 0 Å². The molecule has 0 bridgehead atoms. The van der Waals surface area contributed by atoms with E-state index in [0.717, 1.165) is 18.1 Å². The Hall–Kier alpha value is -0.570. The van der Waals surface area contributed by atoms with Crippen LogP contribution in [-0.2, 0) is 4.74 Å². The second-order valence-corrected chi connectivity index (χ2v) is 4.66. The van der Waals surface area contributed by atoms with Crippen LogP contribution in [0, 0.1) is 0 Å². The SMILES string of the molecule is CNC(c1cccc(Cl)c1)C1CCCCO1. The van der Waals surface area contributed by atoms with E-state index in [-0.39, 0.29) is 12.1 Å². The van der Waals surface area contributed by atoms with Gasteiger partial charge in [-0.2, -0.15) is 0 Å². The zero-order chi connectivity index (χ0) is 11.4. The Labute approximate surface area is 102 Å². The van der Waals surface area contributed by atoms with Crippen molar-refractivity contribution in [3.63, 3.8) is 0 Å². The van der Waals surface area contributed by atoms with Gasteiger partial charge in [0.1, 0.15) is 0 Å². The van der Waals surface area contributed by atoms with Gasteiger partial charge >= 0.3 is 0 Å². The Morgan fingerprint density at radius 1 is 1.44 bits per heavy atom. The van der Waals surface area contributed by atoms with Gasteiger partial charge in [0.25, 0.3) is 0 Å². The van der Waals surface area contributed by atoms with Crippen LogP contribution in [-0.4, -0.2) is 19.8 Å². The lowest BCUT2D eigenvalue weighted by Crippen LogP contribution is -2.34. The van der Waals surface area contributed by atoms with Gasteiger partial charge in [0.2, 0.25) is 0 Å². The second-order valence-electron chi connectivity index (χ2n) is 4.23. The summed E-state index contributed by atoms with van der Waals surface area (Å²) in [5.41, 5.74) is 1.21. The molecule has 16 heavy (non-hydrogen) atoms. The molecule has 0 radical (unpaired) electrons. The third-order valence-corrected chi connectivity index (χ3v) is 3.34. The van der Waals surface area contributed by atoms with Crippen molar-refractivity contribution >= 4 is 11.6 Å². The maximum Gasteiger partial charge on any atom is 0.0769 e. The summed E-state index contributed by atoms with van der Waals surface area (Å²) < 4.78 is 5.82. The van der Waals surface area contributed by atoms with E-state index in [2.05, 4.69) is 11.4 Å². The van der Waals surface area contributed by atoms with E-state index in [9.17, 15) is 0 Å². The number of nitrogens with one attached hydrogen (secondary N) is 1. The van der Waals surface area contributed by atoms with Gasteiger partial charge in [-0.15, -0.1) is 0 Å². The van der Waals surface area contributed by atoms with Crippen LogP contribution in [0.1, 0.15) is 30.9 Å². The van der Waals surface area contributed by atoms with Crippen LogP contribution in [0.15, 0.2) is 24.3 Å². The van der Waals surface area contributed by atoms with Crippen molar-refractivity contribution in [2.45, 2.75) is 31.4 Å². The minimum absolute atomic E-state index is 0.249.